The molecule has 1 aliphatic rings. The SMILES string of the molecule is Cc1cc(NC(=O)C2(CN)CCCCCC2)no1. The first-order chi connectivity index (χ1) is 8.66. The fourth-order valence-electron chi connectivity index (χ4n) is 2.60. The Labute approximate surface area is 107 Å². The summed E-state index contributed by atoms with van der Waals surface area (Å²) in [5, 5.41) is 6.62. The Morgan fingerprint density at radius 2 is 2.11 bits per heavy atom. The van der Waals surface area contributed by atoms with Gasteiger partial charge in [-0.3, -0.25) is 4.79 Å². The minimum absolute atomic E-state index is 0.0137. The van der Waals surface area contributed by atoms with Gasteiger partial charge in [0.2, 0.25) is 5.91 Å². The smallest absolute Gasteiger partial charge is 0.233 e. The fourth-order valence-corrected chi connectivity index (χ4v) is 2.60. The minimum atomic E-state index is -0.427. The van der Waals surface area contributed by atoms with Crippen LogP contribution in [0.25, 0.3) is 0 Å². The minimum Gasteiger partial charge on any atom is -0.360 e. The molecule has 0 atom stereocenters. The number of amides is 1. The molecule has 18 heavy (non-hydrogen) atoms. The maximum absolute atomic E-state index is 12.4. The van der Waals surface area contributed by atoms with Crippen LogP contribution in [-0.4, -0.2) is 17.6 Å². The molecule has 3 N–H and O–H groups in total. The number of carbonyl (C=O) groups excluding carboxylic acids is 1. The van der Waals surface area contributed by atoms with Gasteiger partial charge in [-0.25, -0.2) is 0 Å². The van der Waals surface area contributed by atoms with Crippen LogP contribution >= 0.6 is 0 Å². The van der Waals surface area contributed by atoms with E-state index in [9.17, 15) is 4.79 Å². The second-order valence-corrected chi connectivity index (χ2v) is 5.18. The lowest BCUT2D eigenvalue weighted by atomic mass is 9.79. The number of carbonyl (C=O) groups is 1. The molecular formula is C13H21N3O2. The summed E-state index contributed by atoms with van der Waals surface area (Å²) in [6, 6.07) is 1.72. The first-order valence-electron chi connectivity index (χ1n) is 6.61. The number of aromatic nitrogens is 1. The average molecular weight is 251 g/mol. The Balaban J connectivity index is 2.08. The van der Waals surface area contributed by atoms with Gasteiger partial charge in [0.05, 0.1) is 5.41 Å². The molecule has 0 saturated heterocycles. The number of anilines is 1. The van der Waals surface area contributed by atoms with Crippen LogP contribution in [0.5, 0.6) is 0 Å². The molecule has 0 radical (unpaired) electrons. The van der Waals surface area contributed by atoms with Gasteiger partial charge in [-0.15, -0.1) is 0 Å². The fraction of sp³-hybridized carbons (Fsp3) is 0.692. The van der Waals surface area contributed by atoms with Gasteiger partial charge in [0.15, 0.2) is 5.82 Å². The Morgan fingerprint density at radius 1 is 1.44 bits per heavy atom. The Bertz CT molecular complexity index is 406. The van der Waals surface area contributed by atoms with Crippen molar-refractivity contribution in [2.75, 3.05) is 11.9 Å². The highest BCUT2D eigenvalue weighted by Crippen LogP contribution is 2.35. The molecule has 1 amide bonds. The normalized spacial score (nSPS) is 19.2. The molecule has 0 unspecified atom stereocenters. The average Bonchev–Trinajstić information content (AvgIpc) is 2.65. The third-order valence-electron chi connectivity index (χ3n) is 3.80. The lowest BCUT2D eigenvalue weighted by molar-refractivity contribution is -0.125. The summed E-state index contributed by atoms with van der Waals surface area (Å²) in [7, 11) is 0. The van der Waals surface area contributed by atoms with Crippen LogP contribution in [0.2, 0.25) is 0 Å². The number of rotatable bonds is 3. The standard InChI is InChI=1S/C13H21N3O2/c1-10-8-11(16-18-10)15-12(17)13(9-14)6-4-2-3-5-7-13/h8H,2-7,9,14H2,1H3,(H,15,16,17). The molecule has 5 heteroatoms. The highest BCUT2D eigenvalue weighted by atomic mass is 16.5. The highest BCUT2D eigenvalue weighted by molar-refractivity contribution is 5.94. The van der Waals surface area contributed by atoms with Crippen LogP contribution in [0, 0.1) is 12.3 Å². The summed E-state index contributed by atoms with van der Waals surface area (Å²) in [4.78, 5) is 12.4. The van der Waals surface area contributed by atoms with Gasteiger partial charge in [0.1, 0.15) is 5.76 Å². The van der Waals surface area contributed by atoms with E-state index in [1.807, 2.05) is 0 Å². The number of hydrogen-bond acceptors (Lipinski definition) is 4. The van der Waals surface area contributed by atoms with Crippen molar-refractivity contribution in [2.45, 2.75) is 45.4 Å². The summed E-state index contributed by atoms with van der Waals surface area (Å²) in [5.41, 5.74) is 5.44. The van der Waals surface area contributed by atoms with Gasteiger partial charge in [0, 0.05) is 12.6 Å². The molecule has 0 spiro atoms. The van der Waals surface area contributed by atoms with E-state index in [-0.39, 0.29) is 5.91 Å². The van der Waals surface area contributed by atoms with Crippen molar-refractivity contribution < 1.29 is 9.32 Å². The quantitative estimate of drug-likeness (QED) is 0.807. The van der Waals surface area contributed by atoms with Crippen molar-refractivity contribution in [1.29, 1.82) is 0 Å². The topological polar surface area (TPSA) is 81.2 Å². The van der Waals surface area contributed by atoms with Crippen molar-refractivity contribution in [2.24, 2.45) is 11.1 Å². The van der Waals surface area contributed by atoms with E-state index in [4.69, 9.17) is 10.3 Å². The molecular weight excluding hydrogens is 230 g/mol. The molecule has 1 heterocycles. The van der Waals surface area contributed by atoms with E-state index >= 15 is 0 Å². The maximum atomic E-state index is 12.4. The first kappa shape index (κ1) is 13.1. The molecule has 5 nitrogen and oxygen atoms in total. The molecule has 0 aliphatic heterocycles. The lowest BCUT2D eigenvalue weighted by Gasteiger charge is -2.29. The van der Waals surface area contributed by atoms with Crippen molar-refractivity contribution in [3.8, 4) is 0 Å². The third-order valence-corrected chi connectivity index (χ3v) is 3.80. The van der Waals surface area contributed by atoms with Crippen LogP contribution in [0.3, 0.4) is 0 Å². The van der Waals surface area contributed by atoms with Gasteiger partial charge < -0.3 is 15.6 Å². The predicted molar refractivity (Wildman–Crippen MR) is 69.1 cm³/mol. The molecule has 1 aliphatic carbocycles. The zero-order valence-electron chi connectivity index (χ0n) is 10.9. The number of nitrogens with two attached hydrogens (primary N) is 1. The molecule has 1 fully saturated rings. The Morgan fingerprint density at radius 3 is 2.61 bits per heavy atom. The summed E-state index contributed by atoms with van der Waals surface area (Å²) >= 11 is 0. The van der Waals surface area contributed by atoms with Crippen LogP contribution < -0.4 is 11.1 Å². The van der Waals surface area contributed by atoms with E-state index in [0.717, 1.165) is 25.7 Å². The van der Waals surface area contributed by atoms with Gasteiger partial charge in [-0.05, 0) is 19.8 Å². The number of nitrogens with one attached hydrogen (secondary N) is 1. The first-order valence-corrected chi connectivity index (χ1v) is 6.61. The number of hydrogen-bond donors (Lipinski definition) is 2. The molecule has 2 rings (SSSR count). The number of aryl methyl sites for hydroxylation is 1. The molecule has 1 aromatic rings. The second-order valence-electron chi connectivity index (χ2n) is 5.18. The van der Waals surface area contributed by atoms with E-state index in [0.29, 0.717) is 18.1 Å². The Kier molecular flexibility index (Phi) is 4.01. The van der Waals surface area contributed by atoms with Crippen LogP contribution in [0.4, 0.5) is 5.82 Å². The molecule has 0 aromatic carbocycles. The van der Waals surface area contributed by atoms with Crippen molar-refractivity contribution in [1.82, 2.24) is 5.16 Å². The lowest BCUT2D eigenvalue weighted by Crippen LogP contribution is -2.42. The molecule has 0 bridgehead atoms. The van der Waals surface area contributed by atoms with E-state index < -0.39 is 5.41 Å². The summed E-state index contributed by atoms with van der Waals surface area (Å²) in [6.45, 7) is 2.20. The predicted octanol–water partition coefficient (Wildman–Crippen LogP) is 2.22. The zero-order valence-corrected chi connectivity index (χ0v) is 10.9. The Hall–Kier alpha value is -1.36. The highest BCUT2D eigenvalue weighted by Gasteiger charge is 2.37. The summed E-state index contributed by atoms with van der Waals surface area (Å²) < 4.78 is 4.95. The van der Waals surface area contributed by atoms with Crippen LogP contribution in [0.15, 0.2) is 10.6 Å². The largest absolute Gasteiger partial charge is 0.360 e. The van der Waals surface area contributed by atoms with Crippen molar-refractivity contribution in [3.63, 3.8) is 0 Å². The van der Waals surface area contributed by atoms with Gasteiger partial charge in [-0.2, -0.15) is 0 Å². The van der Waals surface area contributed by atoms with Crippen LogP contribution in [-0.2, 0) is 4.79 Å². The van der Waals surface area contributed by atoms with E-state index in [1.165, 1.54) is 12.8 Å². The van der Waals surface area contributed by atoms with E-state index in [2.05, 4.69) is 10.5 Å². The third kappa shape index (κ3) is 2.72. The summed E-state index contributed by atoms with van der Waals surface area (Å²) in [5.74, 6) is 1.16. The molecule has 100 valence electrons. The van der Waals surface area contributed by atoms with Gasteiger partial charge in [0.25, 0.3) is 0 Å². The van der Waals surface area contributed by atoms with Crippen molar-refractivity contribution in [3.05, 3.63) is 11.8 Å². The van der Waals surface area contributed by atoms with Gasteiger partial charge in [-0.1, -0.05) is 30.8 Å². The summed E-state index contributed by atoms with van der Waals surface area (Å²) in [6.07, 6.45) is 6.26. The van der Waals surface area contributed by atoms with Crippen molar-refractivity contribution >= 4 is 11.7 Å². The maximum Gasteiger partial charge on any atom is 0.233 e. The van der Waals surface area contributed by atoms with Gasteiger partial charge >= 0.3 is 0 Å². The number of nitrogens with zero attached hydrogens (tertiary/aromatic N) is 1. The van der Waals surface area contributed by atoms with Crippen LogP contribution in [0.1, 0.15) is 44.3 Å². The monoisotopic (exact) mass is 251 g/mol. The zero-order chi connectivity index (χ0) is 13.0. The molecule has 1 saturated carbocycles. The second kappa shape index (κ2) is 5.52. The molecule has 1 aromatic heterocycles. The van der Waals surface area contributed by atoms with E-state index in [1.54, 1.807) is 13.0 Å².